The molecule has 7 nitrogen and oxygen atoms in total. The number of rotatable bonds is 3. The van der Waals surface area contributed by atoms with E-state index in [-0.39, 0.29) is 11.0 Å². The van der Waals surface area contributed by atoms with Crippen molar-refractivity contribution in [1.29, 1.82) is 0 Å². The van der Waals surface area contributed by atoms with Crippen LogP contribution in [0, 0.1) is 5.41 Å². The number of halogens is 2. The lowest BCUT2D eigenvalue weighted by molar-refractivity contribution is 0.0131. The zero-order chi connectivity index (χ0) is 17.0. The first-order valence-corrected chi connectivity index (χ1v) is 9.02. The molecule has 23 heavy (non-hydrogen) atoms. The van der Waals surface area contributed by atoms with Gasteiger partial charge in [-0.3, -0.25) is 9.48 Å². The number of aromatic nitrogens is 2. The maximum Gasteiger partial charge on any atom is 0.282 e. The molecule has 1 aromatic rings. The first-order valence-electron chi connectivity index (χ1n) is 7.17. The van der Waals surface area contributed by atoms with E-state index in [1.54, 1.807) is 0 Å². The Kier molecular flexibility index (Phi) is 3.71. The van der Waals surface area contributed by atoms with Gasteiger partial charge in [-0.25, -0.2) is 21.5 Å². The van der Waals surface area contributed by atoms with Crippen LogP contribution in [0.5, 0.6) is 0 Å². The van der Waals surface area contributed by atoms with Crippen molar-refractivity contribution in [1.82, 2.24) is 19.0 Å². The Morgan fingerprint density at radius 1 is 1.35 bits per heavy atom. The van der Waals surface area contributed by atoms with Crippen LogP contribution in [0.4, 0.5) is 8.78 Å². The summed E-state index contributed by atoms with van der Waals surface area (Å²) in [4.78, 5) is 13.9. The molecule has 2 saturated heterocycles. The summed E-state index contributed by atoms with van der Waals surface area (Å²) in [5.74, 6) is -0.475. The molecule has 2 fully saturated rings. The topological polar surface area (TPSA) is 75.5 Å². The Morgan fingerprint density at radius 2 is 2.00 bits per heavy atom. The minimum absolute atomic E-state index is 0.0877. The summed E-state index contributed by atoms with van der Waals surface area (Å²) in [6.07, 6.45) is 0.334. The van der Waals surface area contributed by atoms with E-state index in [0.29, 0.717) is 32.6 Å². The number of nitrogens with zero attached hydrogens (tertiary/aromatic N) is 4. The molecule has 3 rings (SSSR count). The van der Waals surface area contributed by atoms with Gasteiger partial charge < -0.3 is 4.90 Å². The number of carbonyl (C=O) groups excluding carboxylic acids is 1. The van der Waals surface area contributed by atoms with Gasteiger partial charge in [-0.2, -0.15) is 5.10 Å². The molecule has 0 bridgehead atoms. The average molecular weight is 348 g/mol. The molecule has 1 aromatic heterocycles. The van der Waals surface area contributed by atoms with E-state index in [4.69, 9.17) is 0 Å². The molecule has 0 radical (unpaired) electrons. The van der Waals surface area contributed by atoms with E-state index in [0.717, 1.165) is 6.26 Å². The quantitative estimate of drug-likeness (QED) is 0.796. The number of likely N-dealkylation sites (tertiary alicyclic amines) is 1. The standard InChI is InChI=1S/C13H18F2N4O3S/c1-17-5-9(10(16-17)11(14)15)12(20)18-6-13(7-18)3-4-19(8-13)23(2,21)22/h5,11H,3-4,6-8H2,1-2H3. The molecule has 1 amide bonds. The molecule has 2 aliphatic rings. The van der Waals surface area contributed by atoms with Crippen molar-refractivity contribution in [3.05, 3.63) is 17.5 Å². The van der Waals surface area contributed by atoms with Crippen molar-refractivity contribution in [3.8, 4) is 0 Å². The first kappa shape index (κ1) is 16.3. The number of sulfonamides is 1. The highest BCUT2D eigenvalue weighted by atomic mass is 32.2. The van der Waals surface area contributed by atoms with E-state index in [1.807, 2.05) is 0 Å². The van der Waals surface area contributed by atoms with Crippen LogP contribution in [-0.4, -0.2) is 65.7 Å². The SMILES string of the molecule is Cn1cc(C(=O)N2CC3(CCN(S(C)(=O)=O)C3)C2)c(C(F)F)n1. The number of hydrogen-bond donors (Lipinski definition) is 0. The minimum Gasteiger partial charge on any atom is -0.337 e. The summed E-state index contributed by atoms with van der Waals surface area (Å²) in [6.45, 7) is 1.59. The Bertz CT molecular complexity index is 740. The Labute approximate surface area is 132 Å². The van der Waals surface area contributed by atoms with Crippen LogP contribution < -0.4 is 0 Å². The molecule has 0 atom stereocenters. The second kappa shape index (κ2) is 5.23. The van der Waals surface area contributed by atoms with Gasteiger partial charge in [-0.1, -0.05) is 0 Å². The number of alkyl halides is 2. The predicted molar refractivity (Wildman–Crippen MR) is 77.5 cm³/mol. The maximum atomic E-state index is 12.9. The average Bonchev–Trinajstić information content (AvgIpc) is 2.99. The number of amides is 1. The predicted octanol–water partition coefficient (Wildman–Crippen LogP) is 0.465. The summed E-state index contributed by atoms with van der Waals surface area (Å²) in [6, 6.07) is 0. The van der Waals surface area contributed by atoms with Gasteiger partial charge in [-0.05, 0) is 6.42 Å². The summed E-state index contributed by atoms with van der Waals surface area (Å²) in [5.41, 5.74) is -0.843. The van der Waals surface area contributed by atoms with E-state index in [9.17, 15) is 22.0 Å². The third kappa shape index (κ3) is 2.85. The van der Waals surface area contributed by atoms with E-state index in [1.165, 1.54) is 27.1 Å². The molecular formula is C13H18F2N4O3S. The van der Waals surface area contributed by atoms with Crippen LogP contribution >= 0.6 is 0 Å². The third-order valence-corrected chi connectivity index (χ3v) is 5.76. The van der Waals surface area contributed by atoms with Crippen LogP contribution in [0.3, 0.4) is 0 Å². The van der Waals surface area contributed by atoms with Gasteiger partial charge >= 0.3 is 0 Å². The Hall–Kier alpha value is -1.55. The molecule has 0 saturated carbocycles. The summed E-state index contributed by atoms with van der Waals surface area (Å²) >= 11 is 0. The largest absolute Gasteiger partial charge is 0.337 e. The van der Waals surface area contributed by atoms with Crippen molar-refractivity contribution in [3.63, 3.8) is 0 Å². The summed E-state index contributed by atoms with van der Waals surface area (Å²) in [7, 11) is -1.75. The first-order chi connectivity index (χ1) is 10.6. The van der Waals surface area contributed by atoms with Crippen molar-refractivity contribution in [2.45, 2.75) is 12.8 Å². The Balaban J connectivity index is 1.70. The van der Waals surface area contributed by atoms with Crippen molar-refractivity contribution in [2.75, 3.05) is 32.4 Å². The highest BCUT2D eigenvalue weighted by Gasteiger charge is 2.51. The highest BCUT2D eigenvalue weighted by Crippen LogP contribution is 2.41. The van der Waals surface area contributed by atoms with Crippen molar-refractivity contribution >= 4 is 15.9 Å². The fourth-order valence-corrected chi connectivity index (χ4v) is 4.28. The summed E-state index contributed by atoms with van der Waals surface area (Å²) in [5, 5.41) is 3.64. The molecule has 0 aliphatic carbocycles. The van der Waals surface area contributed by atoms with Gasteiger partial charge in [-0.15, -0.1) is 0 Å². The van der Waals surface area contributed by atoms with Crippen LogP contribution in [0.2, 0.25) is 0 Å². The highest BCUT2D eigenvalue weighted by molar-refractivity contribution is 7.88. The lowest BCUT2D eigenvalue weighted by Gasteiger charge is -2.47. The van der Waals surface area contributed by atoms with Crippen molar-refractivity contribution < 1.29 is 22.0 Å². The van der Waals surface area contributed by atoms with Crippen LogP contribution in [0.15, 0.2) is 6.20 Å². The lowest BCUT2D eigenvalue weighted by Crippen LogP contribution is -2.59. The van der Waals surface area contributed by atoms with E-state index in [2.05, 4.69) is 5.10 Å². The fraction of sp³-hybridized carbons (Fsp3) is 0.692. The molecule has 2 aliphatic heterocycles. The molecular weight excluding hydrogens is 330 g/mol. The zero-order valence-corrected chi connectivity index (χ0v) is 13.7. The molecule has 128 valence electrons. The van der Waals surface area contributed by atoms with Gasteiger partial charge in [0, 0.05) is 44.8 Å². The fourth-order valence-electron chi connectivity index (χ4n) is 3.34. The van der Waals surface area contributed by atoms with E-state index < -0.39 is 28.0 Å². The molecule has 1 spiro atoms. The zero-order valence-electron chi connectivity index (χ0n) is 12.9. The van der Waals surface area contributed by atoms with Gasteiger partial charge in [0.05, 0.1) is 11.8 Å². The second-order valence-electron chi connectivity index (χ2n) is 6.41. The number of aryl methyl sites for hydroxylation is 1. The van der Waals surface area contributed by atoms with Gasteiger partial charge in [0.2, 0.25) is 10.0 Å². The monoisotopic (exact) mass is 348 g/mol. The second-order valence-corrected chi connectivity index (χ2v) is 8.39. The molecule has 0 aromatic carbocycles. The smallest absolute Gasteiger partial charge is 0.282 e. The minimum atomic E-state index is -3.24. The molecule has 0 unspecified atom stereocenters. The Morgan fingerprint density at radius 3 is 2.52 bits per heavy atom. The van der Waals surface area contributed by atoms with Gasteiger partial charge in [0.15, 0.2) is 0 Å². The molecule has 10 heteroatoms. The normalized spacial score (nSPS) is 21.2. The summed E-state index contributed by atoms with van der Waals surface area (Å²) < 4.78 is 51.6. The van der Waals surface area contributed by atoms with Crippen LogP contribution in [0.25, 0.3) is 0 Å². The third-order valence-electron chi connectivity index (χ3n) is 4.51. The van der Waals surface area contributed by atoms with Crippen molar-refractivity contribution in [2.24, 2.45) is 12.5 Å². The van der Waals surface area contributed by atoms with E-state index >= 15 is 0 Å². The molecule has 0 N–H and O–H groups in total. The van der Waals surface area contributed by atoms with Crippen LogP contribution in [0.1, 0.15) is 28.9 Å². The van der Waals surface area contributed by atoms with Crippen LogP contribution in [-0.2, 0) is 17.1 Å². The number of hydrogen-bond acceptors (Lipinski definition) is 4. The maximum absolute atomic E-state index is 12.9. The van der Waals surface area contributed by atoms with Gasteiger partial charge in [0.25, 0.3) is 12.3 Å². The van der Waals surface area contributed by atoms with Gasteiger partial charge in [0.1, 0.15) is 5.69 Å². The number of carbonyl (C=O) groups is 1. The lowest BCUT2D eigenvalue weighted by atomic mass is 9.79. The molecule has 3 heterocycles.